The molecule has 2 N–H and O–H groups in total. The van der Waals surface area contributed by atoms with E-state index in [0.29, 0.717) is 18.5 Å². The van der Waals surface area contributed by atoms with Gasteiger partial charge in [0.2, 0.25) is 5.91 Å². The number of unbranched alkanes of at least 4 members (excludes halogenated alkanes) is 1. The molecule has 2 unspecified atom stereocenters. The van der Waals surface area contributed by atoms with E-state index in [4.69, 9.17) is 0 Å². The molecule has 0 aliphatic rings. The average Bonchev–Trinajstić information content (AvgIpc) is 2.32. The summed E-state index contributed by atoms with van der Waals surface area (Å²) < 4.78 is 0. The molecule has 3 nitrogen and oxygen atoms in total. The van der Waals surface area contributed by atoms with Crippen molar-refractivity contribution >= 4 is 5.91 Å². The van der Waals surface area contributed by atoms with Crippen molar-refractivity contribution in [1.82, 2.24) is 10.6 Å². The van der Waals surface area contributed by atoms with Crippen LogP contribution < -0.4 is 10.6 Å². The number of hydrogen-bond donors (Lipinski definition) is 2. The summed E-state index contributed by atoms with van der Waals surface area (Å²) in [5.74, 6) is 0.606. The lowest BCUT2D eigenvalue weighted by Gasteiger charge is -2.20. The maximum atomic E-state index is 11.8. The first-order valence-electron chi connectivity index (χ1n) is 7.53. The predicted molar refractivity (Wildman–Crippen MR) is 78.7 cm³/mol. The van der Waals surface area contributed by atoms with Crippen LogP contribution in [-0.2, 0) is 4.79 Å². The van der Waals surface area contributed by atoms with E-state index >= 15 is 0 Å². The topological polar surface area (TPSA) is 41.1 Å². The minimum atomic E-state index is 0.119. The second kappa shape index (κ2) is 10.4. The molecule has 0 saturated carbocycles. The fourth-order valence-electron chi connectivity index (χ4n) is 1.86. The van der Waals surface area contributed by atoms with Crippen LogP contribution in [0.2, 0.25) is 0 Å². The van der Waals surface area contributed by atoms with Gasteiger partial charge in [0.25, 0.3) is 0 Å². The molecule has 0 rings (SSSR count). The van der Waals surface area contributed by atoms with Gasteiger partial charge in [0.1, 0.15) is 0 Å². The summed E-state index contributed by atoms with van der Waals surface area (Å²) in [5, 5.41) is 6.42. The molecule has 0 aromatic rings. The minimum Gasteiger partial charge on any atom is -0.352 e. The van der Waals surface area contributed by atoms with E-state index in [1.807, 2.05) is 0 Å². The van der Waals surface area contributed by atoms with Gasteiger partial charge in [-0.15, -0.1) is 0 Å². The van der Waals surface area contributed by atoms with Gasteiger partial charge in [-0.2, -0.15) is 0 Å². The van der Waals surface area contributed by atoms with Crippen LogP contribution in [0.25, 0.3) is 0 Å². The highest BCUT2D eigenvalue weighted by Gasteiger charge is 2.12. The quantitative estimate of drug-likeness (QED) is 0.630. The minimum absolute atomic E-state index is 0.119. The Kier molecular flexibility index (Phi) is 10.0. The summed E-state index contributed by atoms with van der Waals surface area (Å²) in [6.07, 6.45) is 5.97. The van der Waals surface area contributed by atoms with E-state index in [1.54, 1.807) is 0 Å². The van der Waals surface area contributed by atoms with Crippen molar-refractivity contribution in [2.75, 3.05) is 6.54 Å². The largest absolute Gasteiger partial charge is 0.352 e. The number of carbonyl (C=O) groups is 1. The normalized spacial score (nSPS) is 14.6. The van der Waals surface area contributed by atoms with Gasteiger partial charge in [-0.3, -0.25) is 4.79 Å². The smallest absolute Gasteiger partial charge is 0.234 e. The Balaban J connectivity index is 3.90. The van der Waals surface area contributed by atoms with Gasteiger partial charge in [-0.25, -0.2) is 0 Å². The van der Waals surface area contributed by atoms with E-state index in [-0.39, 0.29) is 11.9 Å². The zero-order valence-electron chi connectivity index (χ0n) is 12.9. The molecule has 0 bridgehead atoms. The lowest BCUT2D eigenvalue weighted by Crippen LogP contribution is -2.43. The van der Waals surface area contributed by atoms with Crippen LogP contribution >= 0.6 is 0 Å². The second-order valence-electron chi connectivity index (χ2n) is 5.61. The van der Waals surface area contributed by atoms with Crippen LogP contribution in [0.4, 0.5) is 0 Å². The van der Waals surface area contributed by atoms with Gasteiger partial charge in [0.15, 0.2) is 0 Å². The fraction of sp³-hybridized carbons (Fsp3) is 0.933. The number of nitrogens with one attached hydrogen (secondary N) is 2. The van der Waals surface area contributed by atoms with Gasteiger partial charge in [-0.1, -0.05) is 47.0 Å². The summed E-state index contributed by atoms with van der Waals surface area (Å²) >= 11 is 0. The van der Waals surface area contributed by atoms with Crippen LogP contribution in [0.5, 0.6) is 0 Å². The third kappa shape index (κ3) is 8.51. The van der Waals surface area contributed by atoms with Crippen LogP contribution in [0.15, 0.2) is 0 Å². The average molecular weight is 256 g/mol. The monoisotopic (exact) mass is 256 g/mol. The molecule has 3 heteroatoms. The van der Waals surface area contributed by atoms with Crippen LogP contribution in [0.3, 0.4) is 0 Å². The Morgan fingerprint density at radius 2 is 1.72 bits per heavy atom. The van der Waals surface area contributed by atoms with E-state index in [2.05, 4.69) is 45.3 Å². The van der Waals surface area contributed by atoms with E-state index in [9.17, 15) is 4.79 Å². The van der Waals surface area contributed by atoms with Crippen molar-refractivity contribution in [1.29, 1.82) is 0 Å². The summed E-state index contributed by atoms with van der Waals surface area (Å²) in [7, 11) is 0. The lowest BCUT2D eigenvalue weighted by molar-refractivity contribution is -0.121. The first kappa shape index (κ1) is 17.4. The fourth-order valence-corrected chi connectivity index (χ4v) is 1.86. The van der Waals surface area contributed by atoms with Gasteiger partial charge >= 0.3 is 0 Å². The third-order valence-corrected chi connectivity index (χ3v) is 3.48. The maximum Gasteiger partial charge on any atom is 0.234 e. The van der Waals surface area contributed by atoms with Gasteiger partial charge in [-0.05, 0) is 25.7 Å². The zero-order chi connectivity index (χ0) is 14.0. The second-order valence-corrected chi connectivity index (χ2v) is 5.61. The Hall–Kier alpha value is -0.570. The molecule has 0 aliphatic heterocycles. The lowest BCUT2D eigenvalue weighted by atomic mass is 10.0. The Morgan fingerprint density at radius 3 is 2.22 bits per heavy atom. The Bertz CT molecular complexity index is 217. The molecule has 0 spiro atoms. The first-order valence-corrected chi connectivity index (χ1v) is 7.53. The van der Waals surface area contributed by atoms with Crippen LogP contribution in [0, 0.1) is 5.92 Å². The SMILES string of the molecule is CCCCC(CCC)NCC(=O)NC(C)C(C)C. The van der Waals surface area contributed by atoms with Crippen molar-refractivity contribution in [2.24, 2.45) is 5.92 Å². The molecular formula is C15H32N2O. The highest BCUT2D eigenvalue weighted by Crippen LogP contribution is 2.06. The van der Waals surface area contributed by atoms with Crippen molar-refractivity contribution in [3.63, 3.8) is 0 Å². The molecule has 1 amide bonds. The van der Waals surface area contributed by atoms with Gasteiger partial charge < -0.3 is 10.6 Å². The third-order valence-electron chi connectivity index (χ3n) is 3.48. The van der Waals surface area contributed by atoms with Gasteiger partial charge in [0.05, 0.1) is 6.54 Å². The number of rotatable bonds is 10. The Labute approximate surface area is 113 Å². The number of amides is 1. The molecule has 0 heterocycles. The van der Waals surface area contributed by atoms with Crippen molar-refractivity contribution in [3.8, 4) is 0 Å². The predicted octanol–water partition coefficient (Wildman–Crippen LogP) is 3.10. The van der Waals surface area contributed by atoms with Crippen LogP contribution in [-0.4, -0.2) is 24.5 Å². The van der Waals surface area contributed by atoms with E-state index in [1.165, 1.54) is 25.7 Å². The molecule has 18 heavy (non-hydrogen) atoms. The molecule has 0 aromatic heterocycles. The molecule has 0 fully saturated rings. The number of hydrogen-bond acceptors (Lipinski definition) is 2. The maximum absolute atomic E-state index is 11.8. The standard InChI is InChI=1S/C15H32N2O/c1-6-8-10-14(9-7-2)16-11-15(18)17-13(5)12(3)4/h12-14,16H,6-11H2,1-5H3,(H,17,18). The highest BCUT2D eigenvalue weighted by molar-refractivity contribution is 5.78. The molecule has 0 radical (unpaired) electrons. The highest BCUT2D eigenvalue weighted by atomic mass is 16.1. The van der Waals surface area contributed by atoms with Gasteiger partial charge in [0, 0.05) is 12.1 Å². The Morgan fingerprint density at radius 1 is 1.06 bits per heavy atom. The molecule has 0 aromatic carbocycles. The molecule has 108 valence electrons. The molecular weight excluding hydrogens is 224 g/mol. The first-order chi connectivity index (χ1) is 8.51. The molecule has 2 atom stereocenters. The van der Waals surface area contributed by atoms with Crippen molar-refractivity contribution in [2.45, 2.75) is 78.8 Å². The summed E-state index contributed by atoms with van der Waals surface area (Å²) in [6.45, 7) is 11.2. The number of carbonyl (C=O) groups excluding carboxylic acids is 1. The van der Waals surface area contributed by atoms with Crippen molar-refractivity contribution in [3.05, 3.63) is 0 Å². The molecule has 0 aliphatic carbocycles. The van der Waals surface area contributed by atoms with E-state index in [0.717, 1.165) is 6.42 Å². The zero-order valence-corrected chi connectivity index (χ0v) is 12.9. The summed E-state index contributed by atoms with van der Waals surface area (Å²) in [5.41, 5.74) is 0. The molecule has 0 saturated heterocycles. The summed E-state index contributed by atoms with van der Waals surface area (Å²) in [4.78, 5) is 11.8. The van der Waals surface area contributed by atoms with Crippen molar-refractivity contribution < 1.29 is 4.79 Å². The summed E-state index contributed by atoms with van der Waals surface area (Å²) in [6, 6.07) is 0.745. The van der Waals surface area contributed by atoms with Crippen LogP contribution in [0.1, 0.15) is 66.7 Å². The van der Waals surface area contributed by atoms with E-state index < -0.39 is 0 Å².